The van der Waals surface area contributed by atoms with Crippen molar-refractivity contribution in [1.82, 2.24) is 15.3 Å². The lowest BCUT2D eigenvalue weighted by Gasteiger charge is -2.30. The molecule has 27 heavy (non-hydrogen) atoms. The second-order valence-corrected chi connectivity index (χ2v) is 7.38. The van der Waals surface area contributed by atoms with Gasteiger partial charge >= 0.3 is 0 Å². The molecule has 0 bridgehead atoms. The van der Waals surface area contributed by atoms with E-state index in [0.717, 1.165) is 66.8 Å². The van der Waals surface area contributed by atoms with E-state index in [4.69, 9.17) is 16.0 Å². The van der Waals surface area contributed by atoms with Gasteiger partial charge in [-0.2, -0.15) is 4.98 Å². The van der Waals surface area contributed by atoms with Crippen molar-refractivity contribution in [2.75, 3.05) is 41.7 Å². The van der Waals surface area contributed by atoms with Crippen molar-refractivity contribution in [1.29, 1.82) is 0 Å². The average molecular weight is 385 g/mol. The average Bonchev–Trinajstić information content (AvgIpc) is 3.36. The van der Waals surface area contributed by atoms with Gasteiger partial charge in [-0.15, -0.1) is 0 Å². The molecular formula is C19H21ClN6O. The fraction of sp³-hybridized carbons (Fsp3) is 0.368. The molecule has 2 aromatic heterocycles. The number of aromatic nitrogens is 2. The zero-order valence-electron chi connectivity index (χ0n) is 14.8. The topological polar surface area (TPSA) is 78.2 Å². The standard InChI is InChI=1S/C19H21ClN6O/c20-14-11-13(3-4-16(14)26-8-6-21-7-9-26)23-19-24-15-5-10-27-17(15)18(25-19)22-12-1-2-12/h3-5,10-12,21H,1-2,6-9H2,(H2,22,23,24,25). The number of rotatable bonds is 5. The van der Waals surface area contributed by atoms with Gasteiger partial charge in [-0.05, 0) is 31.0 Å². The largest absolute Gasteiger partial charge is 0.459 e. The van der Waals surface area contributed by atoms with Crippen LogP contribution in [0, 0.1) is 0 Å². The van der Waals surface area contributed by atoms with Crippen molar-refractivity contribution in [3.05, 3.63) is 35.6 Å². The Morgan fingerprint density at radius 2 is 2.00 bits per heavy atom. The molecule has 3 aromatic rings. The lowest BCUT2D eigenvalue weighted by atomic mass is 10.2. The van der Waals surface area contributed by atoms with Gasteiger partial charge in [-0.3, -0.25) is 0 Å². The van der Waals surface area contributed by atoms with Gasteiger partial charge in [0.2, 0.25) is 5.95 Å². The summed E-state index contributed by atoms with van der Waals surface area (Å²) in [6.07, 6.45) is 3.97. The number of furan rings is 1. The van der Waals surface area contributed by atoms with Crippen LogP contribution in [-0.2, 0) is 0 Å². The van der Waals surface area contributed by atoms with E-state index in [2.05, 4.69) is 36.9 Å². The van der Waals surface area contributed by atoms with Crippen LogP contribution in [0.5, 0.6) is 0 Å². The monoisotopic (exact) mass is 384 g/mol. The Hall–Kier alpha value is -2.51. The van der Waals surface area contributed by atoms with E-state index in [1.807, 2.05) is 18.2 Å². The van der Waals surface area contributed by atoms with E-state index in [-0.39, 0.29) is 0 Å². The first-order valence-corrected chi connectivity index (χ1v) is 9.68. The molecule has 0 amide bonds. The number of nitrogens with zero attached hydrogens (tertiary/aromatic N) is 3. The van der Waals surface area contributed by atoms with E-state index in [1.165, 1.54) is 0 Å². The van der Waals surface area contributed by atoms with E-state index < -0.39 is 0 Å². The van der Waals surface area contributed by atoms with Gasteiger partial charge in [0.05, 0.1) is 17.0 Å². The van der Waals surface area contributed by atoms with Gasteiger partial charge in [0.15, 0.2) is 11.4 Å². The highest BCUT2D eigenvalue weighted by molar-refractivity contribution is 6.33. The fourth-order valence-corrected chi connectivity index (χ4v) is 3.61. The Bertz CT molecular complexity index is 964. The van der Waals surface area contributed by atoms with Gasteiger partial charge in [-0.25, -0.2) is 4.98 Å². The van der Waals surface area contributed by atoms with Crippen LogP contribution in [-0.4, -0.2) is 42.2 Å². The second kappa shape index (κ2) is 6.90. The Morgan fingerprint density at radius 1 is 1.15 bits per heavy atom. The van der Waals surface area contributed by atoms with Crippen molar-refractivity contribution in [3.8, 4) is 0 Å². The smallest absolute Gasteiger partial charge is 0.229 e. The summed E-state index contributed by atoms with van der Waals surface area (Å²) >= 11 is 6.54. The van der Waals surface area contributed by atoms with Crippen LogP contribution in [0.1, 0.15) is 12.8 Å². The van der Waals surface area contributed by atoms with Crippen molar-refractivity contribution in [2.45, 2.75) is 18.9 Å². The number of piperazine rings is 1. The summed E-state index contributed by atoms with van der Waals surface area (Å²) in [5, 5.41) is 10.8. The van der Waals surface area contributed by atoms with Crippen molar-refractivity contribution < 1.29 is 4.42 Å². The Kier molecular flexibility index (Phi) is 4.26. The van der Waals surface area contributed by atoms with Crippen LogP contribution in [0.3, 0.4) is 0 Å². The van der Waals surface area contributed by atoms with Crippen LogP contribution in [0.2, 0.25) is 5.02 Å². The highest BCUT2D eigenvalue weighted by Gasteiger charge is 2.24. The Morgan fingerprint density at radius 3 is 2.78 bits per heavy atom. The van der Waals surface area contributed by atoms with Crippen molar-refractivity contribution in [3.63, 3.8) is 0 Å². The fourth-order valence-electron chi connectivity index (χ4n) is 3.31. The molecule has 3 heterocycles. The molecule has 8 heteroatoms. The molecule has 1 saturated heterocycles. The molecule has 5 rings (SSSR count). The number of fused-ring (bicyclic) bond motifs is 1. The quantitative estimate of drug-likeness (QED) is 0.620. The molecular weight excluding hydrogens is 364 g/mol. The molecule has 0 unspecified atom stereocenters. The molecule has 2 aliphatic rings. The van der Waals surface area contributed by atoms with Crippen LogP contribution >= 0.6 is 11.6 Å². The molecule has 140 valence electrons. The lowest BCUT2D eigenvalue weighted by Crippen LogP contribution is -2.43. The zero-order valence-corrected chi connectivity index (χ0v) is 15.6. The maximum absolute atomic E-state index is 6.54. The first-order valence-electron chi connectivity index (χ1n) is 9.30. The van der Waals surface area contributed by atoms with Gasteiger partial charge < -0.3 is 25.3 Å². The van der Waals surface area contributed by atoms with Crippen molar-refractivity contribution >= 4 is 45.8 Å². The SMILES string of the molecule is Clc1cc(Nc2nc(NC3CC3)c3occc3n2)ccc1N1CCNCC1. The zero-order chi connectivity index (χ0) is 18.2. The Labute approximate surface area is 162 Å². The first-order chi connectivity index (χ1) is 13.3. The van der Waals surface area contributed by atoms with Crippen LogP contribution < -0.4 is 20.9 Å². The second-order valence-electron chi connectivity index (χ2n) is 6.98. The predicted molar refractivity (Wildman–Crippen MR) is 108 cm³/mol. The summed E-state index contributed by atoms with van der Waals surface area (Å²) in [5.41, 5.74) is 3.39. The van der Waals surface area contributed by atoms with Gasteiger partial charge in [0, 0.05) is 44.0 Å². The summed E-state index contributed by atoms with van der Waals surface area (Å²) in [7, 11) is 0. The third kappa shape index (κ3) is 3.52. The minimum absolute atomic E-state index is 0.480. The number of halogens is 1. The third-order valence-corrected chi connectivity index (χ3v) is 5.19. The van der Waals surface area contributed by atoms with Gasteiger partial charge in [0.1, 0.15) is 5.52 Å². The number of hydrogen-bond acceptors (Lipinski definition) is 7. The van der Waals surface area contributed by atoms with E-state index in [9.17, 15) is 0 Å². The number of nitrogens with one attached hydrogen (secondary N) is 3. The summed E-state index contributed by atoms with van der Waals surface area (Å²) < 4.78 is 5.54. The summed E-state index contributed by atoms with van der Waals surface area (Å²) in [6, 6.07) is 8.32. The van der Waals surface area contributed by atoms with Crippen molar-refractivity contribution in [2.24, 2.45) is 0 Å². The third-order valence-electron chi connectivity index (χ3n) is 4.88. The molecule has 7 nitrogen and oxygen atoms in total. The maximum Gasteiger partial charge on any atom is 0.229 e. The molecule has 3 N–H and O–H groups in total. The molecule has 0 atom stereocenters. The van der Waals surface area contributed by atoms with E-state index in [1.54, 1.807) is 6.26 Å². The lowest BCUT2D eigenvalue weighted by molar-refractivity contribution is 0.589. The van der Waals surface area contributed by atoms with Crippen LogP contribution in [0.15, 0.2) is 34.9 Å². The molecule has 0 spiro atoms. The summed E-state index contributed by atoms with van der Waals surface area (Å²) in [4.78, 5) is 11.4. The predicted octanol–water partition coefficient (Wildman–Crippen LogP) is 3.60. The minimum Gasteiger partial charge on any atom is -0.459 e. The normalized spacial score (nSPS) is 17.3. The molecule has 0 radical (unpaired) electrons. The summed E-state index contributed by atoms with van der Waals surface area (Å²) in [5.74, 6) is 1.26. The first kappa shape index (κ1) is 16.6. The van der Waals surface area contributed by atoms with E-state index in [0.29, 0.717) is 17.6 Å². The minimum atomic E-state index is 0.480. The maximum atomic E-state index is 6.54. The van der Waals surface area contributed by atoms with Crippen LogP contribution in [0.25, 0.3) is 11.1 Å². The van der Waals surface area contributed by atoms with E-state index >= 15 is 0 Å². The molecule has 1 saturated carbocycles. The molecule has 2 fully saturated rings. The molecule has 1 aliphatic heterocycles. The van der Waals surface area contributed by atoms with Crippen LogP contribution in [0.4, 0.5) is 23.1 Å². The van der Waals surface area contributed by atoms with Gasteiger partial charge in [0.25, 0.3) is 0 Å². The molecule has 1 aliphatic carbocycles. The number of anilines is 4. The molecule has 1 aromatic carbocycles. The highest BCUT2D eigenvalue weighted by atomic mass is 35.5. The number of hydrogen-bond donors (Lipinski definition) is 3. The summed E-state index contributed by atoms with van der Waals surface area (Å²) in [6.45, 7) is 3.88. The number of benzene rings is 1. The van der Waals surface area contributed by atoms with Gasteiger partial charge in [-0.1, -0.05) is 11.6 Å². The highest BCUT2D eigenvalue weighted by Crippen LogP contribution is 2.32. The Balaban J connectivity index is 1.40.